The standard InChI is InChI=1S/C22H19N3O4/c1-14-7-9-16(10-8-14)24-20(26)15-11-12-23-19(13-15)21(27)25-18-6-4-3-5-17(18)22(28)29-2/h3-13H,1-2H3,(H,24,26)(H,25,27). The van der Waals surface area contributed by atoms with Gasteiger partial charge in [-0.25, -0.2) is 4.79 Å². The van der Waals surface area contributed by atoms with Gasteiger partial charge in [-0.15, -0.1) is 0 Å². The molecule has 0 fully saturated rings. The van der Waals surface area contributed by atoms with Gasteiger partial charge in [0.2, 0.25) is 0 Å². The van der Waals surface area contributed by atoms with E-state index in [1.54, 1.807) is 36.4 Å². The van der Waals surface area contributed by atoms with Gasteiger partial charge >= 0.3 is 5.97 Å². The number of benzene rings is 2. The number of carbonyl (C=O) groups is 3. The number of para-hydroxylation sites is 1. The molecule has 3 aromatic rings. The molecule has 7 heteroatoms. The number of esters is 1. The van der Waals surface area contributed by atoms with Gasteiger partial charge in [0.05, 0.1) is 18.4 Å². The summed E-state index contributed by atoms with van der Waals surface area (Å²) >= 11 is 0. The fourth-order valence-electron chi connectivity index (χ4n) is 2.60. The molecule has 0 unspecified atom stereocenters. The van der Waals surface area contributed by atoms with Crippen LogP contribution < -0.4 is 10.6 Å². The van der Waals surface area contributed by atoms with Gasteiger partial charge in [0.1, 0.15) is 5.69 Å². The van der Waals surface area contributed by atoms with Gasteiger partial charge < -0.3 is 15.4 Å². The zero-order valence-electron chi connectivity index (χ0n) is 15.9. The number of nitrogens with one attached hydrogen (secondary N) is 2. The van der Waals surface area contributed by atoms with E-state index in [0.717, 1.165) is 5.56 Å². The lowest BCUT2D eigenvalue weighted by atomic mass is 10.1. The number of pyridine rings is 1. The molecule has 2 N–H and O–H groups in total. The lowest BCUT2D eigenvalue weighted by Gasteiger charge is -2.10. The number of anilines is 2. The van der Waals surface area contributed by atoms with Crippen LogP contribution >= 0.6 is 0 Å². The van der Waals surface area contributed by atoms with Gasteiger partial charge in [-0.2, -0.15) is 0 Å². The lowest BCUT2D eigenvalue weighted by Crippen LogP contribution is -2.18. The highest BCUT2D eigenvalue weighted by Crippen LogP contribution is 2.17. The number of ether oxygens (including phenoxy) is 1. The topological polar surface area (TPSA) is 97.4 Å². The van der Waals surface area contributed by atoms with Gasteiger partial charge in [0.15, 0.2) is 0 Å². The summed E-state index contributed by atoms with van der Waals surface area (Å²) in [5.74, 6) is -1.48. The van der Waals surface area contributed by atoms with Crippen molar-refractivity contribution in [2.24, 2.45) is 0 Å². The second-order valence-corrected chi connectivity index (χ2v) is 6.24. The van der Waals surface area contributed by atoms with Crippen LogP contribution in [0.15, 0.2) is 66.9 Å². The Bertz CT molecular complexity index is 1060. The zero-order valence-corrected chi connectivity index (χ0v) is 15.9. The number of methoxy groups -OCH3 is 1. The molecule has 0 radical (unpaired) electrons. The fourth-order valence-corrected chi connectivity index (χ4v) is 2.60. The molecule has 0 saturated carbocycles. The second-order valence-electron chi connectivity index (χ2n) is 6.24. The number of rotatable bonds is 5. The van der Waals surface area contributed by atoms with Gasteiger partial charge in [-0.3, -0.25) is 14.6 Å². The number of amides is 2. The molecule has 0 spiro atoms. The predicted octanol–water partition coefficient (Wildman–Crippen LogP) is 3.68. The normalized spacial score (nSPS) is 10.1. The summed E-state index contributed by atoms with van der Waals surface area (Å²) in [6, 6.07) is 16.7. The second kappa shape index (κ2) is 8.79. The molecule has 29 heavy (non-hydrogen) atoms. The molecule has 0 saturated heterocycles. The van der Waals surface area contributed by atoms with Gasteiger partial charge in [-0.1, -0.05) is 29.8 Å². The van der Waals surface area contributed by atoms with Crippen LogP contribution in [0.5, 0.6) is 0 Å². The maximum atomic E-state index is 12.6. The smallest absolute Gasteiger partial charge is 0.339 e. The van der Waals surface area contributed by atoms with E-state index in [1.165, 1.54) is 25.4 Å². The third-order valence-electron chi connectivity index (χ3n) is 4.14. The van der Waals surface area contributed by atoms with Crippen LogP contribution in [0.1, 0.15) is 36.8 Å². The minimum Gasteiger partial charge on any atom is -0.465 e. The average Bonchev–Trinajstić information content (AvgIpc) is 2.75. The molecule has 0 aliphatic rings. The van der Waals surface area contributed by atoms with Crippen LogP contribution in [0.4, 0.5) is 11.4 Å². The van der Waals surface area contributed by atoms with Crippen molar-refractivity contribution in [3.63, 3.8) is 0 Å². The average molecular weight is 389 g/mol. The van der Waals surface area contributed by atoms with Crippen LogP contribution in [0, 0.1) is 6.92 Å². The largest absolute Gasteiger partial charge is 0.465 e. The summed E-state index contributed by atoms with van der Waals surface area (Å²) in [5, 5.41) is 5.40. The monoisotopic (exact) mass is 389 g/mol. The van der Waals surface area contributed by atoms with Gasteiger partial charge in [0, 0.05) is 17.4 Å². The summed E-state index contributed by atoms with van der Waals surface area (Å²) in [5.41, 5.74) is 2.57. The highest BCUT2D eigenvalue weighted by atomic mass is 16.5. The highest BCUT2D eigenvalue weighted by Gasteiger charge is 2.16. The molecule has 1 heterocycles. The first-order valence-electron chi connectivity index (χ1n) is 8.80. The van der Waals surface area contributed by atoms with E-state index in [-0.39, 0.29) is 22.7 Å². The van der Waals surface area contributed by atoms with Crippen molar-refractivity contribution < 1.29 is 19.1 Å². The van der Waals surface area contributed by atoms with Crippen molar-refractivity contribution in [3.8, 4) is 0 Å². The molecule has 0 aliphatic heterocycles. The summed E-state index contributed by atoms with van der Waals surface area (Å²) < 4.78 is 4.72. The zero-order chi connectivity index (χ0) is 20.8. The van der Waals surface area contributed by atoms with E-state index in [4.69, 9.17) is 4.74 Å². The summed E-state index contributed by atoms with van der Waals surface area (Å²) in [6.07, 6.45) is 1.38. The molecule has 0 aliphatic carbocycles. The van der Waals surface area contributed by atoms with Crippen molar-refractivity contribution >= 4 is 29.2 Å². The number of nitrogens with zero attached hydrogens (tertiary/aromatic N) is 1. The van der Waals surface area contributed by atoms with Crippen LogP contribution in [0.2, 0.25) is 0 Å². The summed E-state index contributed by atoms with van der Waals surface area (Å²) in [7, 11) is 1.26. The third-order valence-corrected chi connectivity index (χ3v) is 4.14. The van der Waals surface area contributed by atoms with Crippen LogP contribution in [-0.2, 0) is 4.74 Å². The summed E-state index contributed by atoms with van der Waals surface area (Å²) in [6.45, 7) is 1.96. The number of aromatic nitrogens is 1. The SMILES string of the molecule is COC(=O)c1ccccc1NC(=O)c1cc(C(=O)Nc2ccc(C)cc2)ccn1. The molecular weight excluding hydrogens is 370 g/mol. The summed E-state index contributed by atoms with van der Waals surface area (Å²) in [4.78, 5) is 40.9. The first-order valence-corrected chi connectivity index (χ1v) is 8.80. The van der Waals surface area contributed by atoms with E-state index in [1.807, 2.05) is 19.1 Å². The molecule has 0 bridgehead atoms. The van der Waals surface area contributed by atoms with Gasteiger partial charge in [0.25, 0.3) is 11.8 Å². The van der Waals surface area contributed by atoms with Crippen molar-refractivity contribution in [1.29, 1.82) is 0 Å². The minimum atomic E-state index is -0.569. The third kappa shape index (κ3) is 4.84. The number of hydrogen-bond acceptors (Lipinski definition) is 5. The van der Waals surface area contributed by atoms with E-state index in [0.29, 0.717) is 11.4 Å². The lowest BCUT2D eigenvalue weighted by molar-refractivity contribution is 0.0601. The first-order chi connectivity index (χ1) is 14.0. The Morgan fingerprint density at radius 3 is 2.34 bits per heavy atom. The predicted molar refractivity (Wildman–Crippen MR) is 109 cm³/mol. The van der Waals surface area contributed by atoms with Crippen molar-refractivity contribution in [1.82, 2.24) is 4.98 Å². The molecule has 1 aromatic heterocycles. The Balaban J connectivity index is 1.77. The highest BCUT2D eigenvalue weighted by molar-refractivity contribution is 6.09. The molecule has 2 aromatic carbocycles. The first kappa shape index (κ1) is 19.8. The van der Waals surface area contributed by atoms with E-state index >= 15 is 0 Å². The molecule has 7 nitrogen and oxygen atoms in total. The Labute approximate surface area is 167 Å². The number of aryl methyl sites for hydroxylation is 1. The minimum absolute atomic E-state index is 0.0428. The Morgan fingerprint density at radius 2 is 1.62 bits per heavy atom. The Morgan fingerprint density at radius 1 is 0.897 bits per heavy atom. The fraction of sp³-hybridized carbons (Fsp3) is 0.0909. The Kier molecular flexibility index (Phi) is 5.99. The molecular formula is C22H19N3O4. The van der Waals surface area contributed by atoms with E-state index in [2.05, 4.69) is 15.6 Å². The van der Waals surface area contributed by atoms with E-state index in [9.17, 15) is 14.4 Å². The maximum absolute atomic E-state index is 12.6. The van der Waals surface area contributed by atoms with Gasteiger partial charge in [-0.05, 0) is 43.3 Å². The van der Waals surface area contributed by atoms with Crippen molar-refractivity contribution in [2.75, 3.05) is 17.7 Å². The number of hydrogen-bond donors (Lipinski definition) is 2. The van der Waals surface area contributed by atoms with Crippen molar-refractivity contribution in [2.45, 2.75) is 6.92 Å². The molecule has 3 rings (SSSR count). The maximum Gasteiger partial charge on any atom is 0.339 e. The molecule has 146 valence electrons. The van der Waals surface area contributed by atoms with Crippen LogP contribution in [0.25, 0.3) is 0 Å². The Hall–Kier alpha value is -4.00. The van der Waals surface area contributed by atoms with Crippen molar-refractivity contribution in [3.05, 3.63) is 89.2 Å². The van der Waals surface area contributed by atoms with E-state index < -0.39 is 11.9 Å². The molecule has 2 amide bonds. The van der Waals surface area contributed by atoms with Crippen LogP contribution in [0.3, 0.4) is 0 Å². The number of carbonyl (C=O) groups excluding carboxylic acids is 3. The van der Waals surface area contributed by atoms with Crippen LogP contribution in [-0.4, -0.2) is 29.9 Å². The molecule has 0 atom stereocenters. The quantitative estimate of drug-likeness (QED) is 0.649.